The second kappa shape index (κ2) is 8.71. The number of fused-ring (bicyclic) bond motifs is 1. The molecule has 2 atom stereocenters. The highest BCUT2D eigenvalue weighted by atomic mass is 32.2. The molecule has 8 heteroatoms. The van der Waals surface area contributed by atoms with E-state index in [-0.39, 0.29) is 21.9 Å². The van der Waals surface area contributed by atoms with Crippen molar-refractivity contribution in [2.75, 3.05) is 27.2 Å². The van der Waals surface area contributed by atoms with Gasteiger partial charge in [0.15, 0.2) is 5.57 Å². The summed E-state index contributed by atoms with van der Waals surface area (Å²) in [6.07, 6.45) is 0.384. The Morgan fingerprint density at radius 3 is 2.48 bits per heavy atom. The monoisotopic (exact) mass is 436 g/mol. The number of hydrogen-bond donors (Lipinski definition) is 1. The topological polar surface area (TPSA) is 70.1 Å². The number of benzene rings is 1. The Morgan fingerprint density at radius 1 is 1.24 bits per heavy atom. The number of thioether (sulfide) groups is 2. The molecule has 1 aromatic rings. The van der Waals surface area contributed by atoms with Crippen molar-refractivity contribution in [3.05, 3.63) is 45.2 Å². The van der Waals surface area contributed by atoms with E-state index in [4.69, 9.17) is 4.74 Å². The first-order valence-electron chi connectivity index (χ1n) is 9.65. The number of likely N-dealkylation sites (N-methyl/N-ethyl adjacent to an activating group) is 2. The summed E-state index contributed by atoms with van der Waals surface area (Å²) in [4.78, 5) is 28.7. The van der Waals surface area contributed by atoms with Crippen LogP contribution in [0.25, 0.3) is 0 Å². The van der Waals surface area contributed by atoms with Gasteiger partial charge in [0.25, 0.3) is 0 Å². The van der Waals surface area contributed by atoms with Gasteiger partial charge < -0.3 is 9.84 Å². The van der Waals surface area contributed by atoms with Crippen molar-refractivity contribution in [2.24, 2.45) is 0 Å². The van der Waals surface area contributed by atoms with Gasteiger partial charge in [0.1, 0.15) is 4.87 Å². The van der Waals surface area contributed by atoms with Gasteiger partial charge in [-0.05, 0) is 40.4 Å². The summed E-state index contributed by atoms with van der Waals surface area (Å²) in [6, 6.07) is 8.45. The van der Waals surface area contributed by atoms with Crippen LogP contribution >= 0.6 is 23.5 Å². The number of rotatable bonds is 5. The number of esters is 1. The van der Waals surface area contributed by atoms with Gasteiger partial charge in [-0.2, -0.15) is 0 Å². The fraction of sp³-hybridized carbons (Fsp3) is 0.524. The summed E-state index contributed by atoms with van der Waals surface area (Å²) in [6.45, 7) is 7.26. The molecule has 0 amide bonds. The molecular weight excluding hydrogens is 408 g/mol. The summed E-state index contributed by atoms with van der Waals surface area (Å²) in [5.41, 5.74) is 2.14. The third-order valence-corrected chi connectivity index (χ3v) is 8.75. The number of aryl methyl sites for hydroxylation is 1. The minimum atomic E-state index is -1.24. The Bertz CT molecular complexity index is 824. The van der Waals surface area contributed by atoms with Gasteiger partial charge in [-0.25, -0.2) is 9.59 Å². The highest BCUT2D eigenvalue weighted by molar-refractivity contribution is 8.26. The number of aliphatic carboxylic acids is 1. The molecule has 2 saturated heterocycles. The molecule has 1 N–H and O–H groups in total. The SMILES string of the molecule is Cc1ccc(CC23SC(=C(C(=O)O)C(=O)OC(C)C)SC2N(C)CCN3C)cc1. The van der Waals surface area contributed by atoms with Crippen molar-refractivity contribution in [3.63, 3.8) is 0 Å². The smallest absolute Gasteiger partial charge is 0.347 e. The number of carboxylic acid groups (broad SMARTS) is 1. The molecular formula is C21H28N2O4S2. The fourth-order valence-corrected chi connectivity index (χ4v) is 7.41. The zero-order valence-electron chi connectivity index (χ0n) is 17.5. The minimum absolute atomic E-state index is 0.0313. The minimum Gasteiger partial charge on any atom is -0.477 e. The Morgan fingerprint density at radius 2 is 1.90 bits per heavy atom. The number of nitrogens with zero attached hydrogens (tertiary/aromatic N) is 2. The lowest BCUT2D eigenvalue weighted by atomic mass is 10.0. The molecule has 3 rings (SSSR count). The van der Waals surface area contributed by atoms with Gasteiger partial charge in [-0.1, -0.05) is 53.4 Å². The molecule has 29 heavy (non-hydrogen) atoms. The maximum atomic E-state index is 12.5. The lowest BCUT2D eigenvalue weighted by Crippen LogP contribution is -2.62. The first-order valence-corrected chi connectivity index (χ1v) is 11.3. The van der Waals surface area contributed by atoms with E-state index in [9.17, 15) is 14.7 Å². The molecule has 0 aromatic heterocycles. The largest absolute Gasteiger partial charge is 0.477 e. The van der Waals surface area contributed by atoms with Crippen molar-refractivity contribution in [1.29, 1.82) is 0 Å². The molecule has 2 heterocycles. The predicted octanol–water partition coefficient (Wildman–Crippen LogP) is 3.16. The summed E-state index contributed by atoms with van der Waals surface area (Å²) in [7, 11) is 4.14. The third-order valence-electron chi connectivity index (χ3n) is 5.25. The number of carboxylic acids is 1. The van der Waals surface area contributed by atoms with Crippen LogP contribution in [0.3, 0.4) is 0 Å². The Balaban J connectivity index is 2.03. The van der Waals surface area contributed by atoms with Crippen LogP contribution in [0, 0.1) is 6.92 Å². The molecule has 2 fully saturated rings. The van der Waals surface area contributed by atoms with E-state index < -0.39 is 11.9 Å². The zero-order valence-corrected chi connectivity index (χ0v) is 19.1. The molecule has 6 nitrogen and oxygen atoms in total. The van der Waals surface area contributed by atoms with E-state index in [0.717, 1.165) is 19.5 Å². The summed E-state index contributed by atoms with van der Waals surface area (Å²) < 4.78 is 5.75. The summed E-state index contributed by atoms with van der Waals surface area (Å²) >= 11 is 2.95. The fourth-order valence-electron chi connectivity index (χ4n) is 3.64. The number of ether oxygens (including phenoxy) is 1. The van der Waals surface area contributed by atoms with E-state index in [0.29, 0.717) is 4.24 Å². The molecule has 0 radical (unpaired) electrons. The first-order chi connectivity index (χ1) is 13.6. The molecule has 2 unspecified atom stereocenters. The molecule has 2 aliphatic heterocycles. The van der Waals surface area contributed by atoms with Gasteiger partial charge in [-0.3, -0.25) is 9.80 Å². The Kier molecular flexibility index (Phi) is 6.67. The molecule has 0 aliphatic carbocycles. The zero-order chi connectivity index (χ0) is 21.3. The highest BCUT2D eigenvalue weighted by Gasteiger charge is 2.55. The quantitative estimate of drug-likeness (QED) is 0.327. The lowest BCUT2D eigenvalue weighted by Gasteiger charge is -2.49. The van der Waals surface area contributed by atoms with E-state index >= 15 is 0 Å². The molecule has 158 valence electrons. The van der Waals surface area contributed by atoms with E-state index in [1.807, 2.05) is 0 Å². The van der Waals surface area contributed by atoms with Crippen molar-refractivity contribution in [2.45, 2.75) is 43.5 Å². The van der Waals surface area contributed by atoms with Crippen molar-refractivity contribution in [1.82, 2.24) is 9.80 Å². The molecule has 0 bridgehead atoms. The van der Waals surface area contributed by atoms with Gasteiger partial charge in [0.05, 0.1) is 15.7 Å². The highest BCUT2D eigenvalue weighted by Crippen LogP contribution is 2.59. The molecule has 2 aliphatic rings. The van der Waals surface area contributed by atoms with Crippen LogP contribution in [0.1, 0.15) is 25.0 Å². The van der Waals surface area contributed by atoms with Gasteiger partial charge in [-0.15, -0.1) is 0 Å². The predicted molar refractivity (Wildman–Crippen MR) is 118 cm³/mol. The van der Waals surface area contributed by atoms with Gasteiger partial charge in [0.2, 0.25) is 0 Å². The number of hydrogen-bond acceptors (Lipinski definition) is 7. The second-order valence-electron chi connectivity index (χ2n) is 7.90. The van der Waals surface area contributed by atoms with Crippen LogP contribution in [0.2, 0.25) is 0 Å². The second-order valence-corrected chi connectivity index (χ2v) is 10.6. The van der Waals surface area contributed by atoms with Crippen LogP contribution in [-0.2, 0) is 20.7 Å². The van der Waals surface area contributed by atoms with E-state index in [1.54, 1.807) is 13.8 Å². The standard InChI is InChI=1S/C21H28N2O4S2/c1-13(2)27-18(26)16(17(24)25)19-28-20-21(29-19,23(5)11-10-22(20)4)12-15-8-6-14(3)7-9-15/h6-9,13,20H,10-12H2,1-5H3,(H,24,25). The maximum Gasteiger partial charge on any atom is 0.347 e. The maximum absolute atomic E-state index is 12.5. The van der Waals surface area contributed by atoms with Crippen LogP contribution in [-0.4, -0.2) is 70.4 Å². The number of carbonyl (C=O) groups excluding carboxylic acids is 1. The average Bonchev–Trinajstić information content (AvgIpc) is 3.00. The Hall–Kier alpha value is -1.48. The van der Waals surface area contributed by atoms with E-state index in [1.165, 1.54) is 34.7 Å². The third kappa shape index (κ3) is 4.50. The van der Waals surface area contributed by atoms with Crippen LogP contribution in [0.15, 0.2) is 34.1 Å². The molecule has 1 aromatic carbocycles. The summed E-state index contributed by atoms with van der Waals surface area (Å²) in [5, 5.41) is 9.81. The van der Waals surface area contributed by atoms with Crippen molar-refractivity contribution in [3.8, 4) is 0 Å². The normalized spacial score (nSPS) is 27.0. The summed E-state index contributed by atoms with van der Waals surface area (Å²) in [5.74, 6) is -2.00. The molecule has 0 saturated carbocycles. The van der Waals surface area contributed by atoms with Crippen molar-refractivity contribution < 1.29 is 19.4 Å². The van der Waals surface area contributed by atoms with Gasteiger partial charge >= 0.3 is 11.9 Å². The van der Waals surface area contributed by atoms with E-state index in [2.05, 4.69) is 55.1 Å². The van der Waals surface area contributed by atoms with Gasteiger partial charge in [0, 0.05) is 19.5 Å². The first kappa shape index (κ1) is 22.2. The Labute approximate surface area is 180 Å². The van der Waals surface area contributed by atoms with Crippen LogP contribution in [0.5, 0.6) is 0 Å². The number of carbonyl (C=O) groups is 2. The number of piperazine rings is 1. The van der Waals surface area contributed by atoms with Crippen LogP contribution < -0.4 is 0 Å². The average molecular weight is 437 g/mol. The van der Waals surface area contributed by atoms with Crippen LogP contribution in [0.4, 0.5) is 0 Å². The molecule has 0 spiro atoms. The lowest BCUT2D eigenvalue weighted by molar-refractivity contribution is -0.146. The van der Waals surface area contributed by atoms with Crippen molar-refractivity contribution >= 4 is 35.5 Å².